The molecular formula is C21H25N5O. The van der Waals surface area contributed by atoms with E-state index in [9.17, 15) is 4.79 Å². The molecule has 0 saturated carbocycles. The van der Waals surface area contributed by atoms with Crippen LogP contribution in [0.15, 0.2) is 49.1 Å². The summed E-state index contributed by atoms with van der Waals surface area (Å²) in [5.41, 5.74) is 2.71. The van der Waals surface area contributed by atoms with Crippen LogP contribution >= 0.6 is 0 Å². The van der Waals surface area contributed by atoms with Gasteiger partial charge in [-0.05, 0) is 44.4 Å². The normalized spacial score (nSPS) is 17.4. The van der Waals surface area contributed by atoms with E-state index >= 15 is 0 Å². The molecule has 3 aromatic rings. The van der Waals surface area contributed by atoms with Gasteiger partial charge in [0.25, 0.3) is 5.91 Å². The van der Waals surface area contributed by atoms with Gasteiger partial charge in [0, 0.05) is 54.8 Å². The van der Waals surface area contributed by atoms with E-state index in [1.807, 2.05) is 47.8 Å². The molecule has 1 aliphatic rings. The second-order valence-electron chi connectivity index (χ2n) is 7.44. The average molecular weight is 363 g/mol. The van der Waals surface area contributed by atoms with E-state index in [0.29, 0.717) is 6.04 Å². The molecule has 4 rings (SSSR count). The van der Waals surface area contributed by atoms with E-state index in [4.69, 9.17) is 0 Å². The van der Waals surface area contributed by atoms with Crippen molar-refractivity contribution >= 4 is 5.91 Å². The number of nitrogens with one attached hydrogen (secondary N) is 1. The number of H-pyrrole nitrogens is 1. The molecule has 6 heteroatoms. The zero-order valence-corrected chi connectivity index (χ0v) is 15.8. The van der Waals surface area contributed by atoms with Crippen molar-refractivity contribution in [1.82, 2.24) is 24.6 Å². The molecule has 1 aliphatic heterocycles. The quantitative estimate of drug-likeness (QED) is 0.765. The van der Waals surface area contributed by atoms with Crippen LogP contribution in [0.25, 0.3) is 11.1 Å². The number of aromatic nitrogens is 4. The Bertz CT molecular complexity index is 912. The number of hydrogen-bond donors (Lipinski definition) is 1. The summed E-state index contributed by atoms with van der Waals surface area (Å²) in [4.78, 5) is 19.7. The van der Waals surface area contributed by atoms with Gasteiger partial charge in [-0.3, -0.25) is 9.89 Å². The summed E-state index contributed by atoms with van der Waals surface area (Å²) in [7, 11) is 0. The number of nitrogens with zero attached hydrogens (tertiary/aromatic N) is 4. The Kier molecular flexibility index (Phi) is 4.79. The Morgan fingerprint density at radius 3 is 2.96 bits per heavy atom. The van der Waals surface area contributed by atoms with Crippen molar-refractivity contribution in [3.8, 4) is 11.1 Å². The minimum atomic E-state index is 0.0905. The molecular weight excluding hydrogens is 338 g/mol. The summed E-state index contributed by atoms with van der Waals surface area (Å²) >= 11 is 0. The van der Waals surface area contributed by atoms with E-state index in [-0.39, 0.29) is 11.8 Å². The van der Waals surface area contributed by atoms with Crippen molar-refractivity contribution in [3.05, 3.63) is 60.4 Å². The van der Waals surface area contributed by atoms with Gasteiger partial charge in [0.05, 0.1) is 6.20 Å². The summed E-state index contributed by atoms with van der Waals surface area (Å²) in [6.07, 6.45) is 9.59. The van der Waals surface area contributed by atoms with Crippen LogP contribution in [0.1, 0.15) is 54.8 Å². The molecule has 1 N–H and O–H groups in total. The molecule has 1 saturated heterocycles. The zero-order valence-electron chi connectivity index (χ0n) is 15.8. The van der Waals surface area contributed by atoms with E-state index in [1.165, 1.54) is 0 Å². The van der Waals surface area contributed by atoms with Gasteiger partial charge in [0.1, 0.15) is 5.82 Å². The Labute approximate surface area is 159 Å². The number of benzene rings is 1. The van der Waals surface area contributed by atoms with Crippen LogP contribution in [0.5, 0.6) is 0 Å². The Balaban J connectivity index is 1.54. The zero-order chi connectivity index (χ0) is 18.8. The fourth-order valence-electron chi connectivity index (χ4n) is 3.87. The molecule has 0 spiro atoms. The smallest absolute Gasteiger partial charge is 0.253 e. The summed E-state index contributed by atoms with van der Waals surface area (Å²) < 4.78 is 2.22. The predicted octanol–water partition coefficient (Wildman–Crippen LogP) is 3.87. The highest BCUT2D eigenvalue weighted by Crippen LogP contribution is 2.29. The number of carbonyl (C=O) groups is 1. The van der Waals surface area contributed by atoms with Gasteiger partial charge in [-0.2, -0.15) is 5.10 Å². The second kappa shape index (κ2) is 7.39. The molecule has 1 amide bonds. The van der Waals surface area contributed by atoms with Crippen LogP contribution < -0.4 is 0 Å². The Hall–Kier alpha value is -2.89. The van der Waals surface area contributed by atoms with Crippen molar-refractivity contribution in [2.45, 2.75) is 38.6 Å². The standard InChI is InChI=1S/C21H25N5O/c1-15(2)26-10-8-22-20(26)18-7-4-9-25(14-18)21(27)17-6-3-5-16(11-17)19-12-23-24-13-19/h3,5-6,8,10-13,15,18H,4,7,9,14H2,1-2H3,(H,23,24). The number of hydrogen-bond acceptors (Lipinski definition) is 3. The highest BCUT2D eigenvalue weighted by atomic mass is 16.2. The summed E-state index contributed by atoms with van der Waals surface area (Å²) in [5.74, 6) is 1.47. The van der Waals surface area contributed by atoms with Crippen molar-refractivity contribution in [1.29, 1.82) is 0 Å². The van der Waals surface area contributed by atoms with Crippen LogP contribution in [0, 0.1) is 0 Å². The van der Waals surface area contributed by atoms with E-state index in [2.05, 4.69) is 33.6 Å². The molecule has 6 nitrogen and oxygen atoms in total. The molecule has 2 aromatic heterocycles. The number of piperidine rings is 1. The third-order valence-corrected chi connectivity index (χ3v) is 5.27. The molecule has 1 aromatic carbocycles. The first-order valence-corrected chi connectivity index (χ1v) is 9.54. The van der Waals surface area contributed by atoms with Gasteiger partial charge in [-0.1, -0.05) is 12.1 Å². The largest absolute Gasteiger partial charge is 0.338 e. The third kappa shape index (κ3) is 3.52. The lowest BCUT2D eigenvalue weighted by molar-refractivity contribution is 0.0703. The number of imidazole rings is 1. The molecule has 1 atom stereocenters. The summed E-state index contributed by atoms with van der Waals surface area (Å²) in [5, 5.41) is 6.82. The first-order valence-electron chi connectivity index (χ1n) is 9.54. The molecule has 1 unspecified atom stereocenters. The van der Waals surface area contributed by atoms with Gasteiger partial charge in [0.2, 0.25) is 0 Å². The number of amides is 1. The lowest BCUT2D eigenvalue weighted by Crippen LogP contribution is -2.39. The molecule has 0 aliphatic carbocycles. The molecule has 27 heavy (non-hydrogen) atoms. The van der Waals surface area contributed by atoms with Crippen molar-refractivity contribution in [2.24, 2.45) is 0 Å². The maximum absolute atomic E-state index is 13.1. The average Bonchev–Trinajstić information content (AvgIpc) is 3.39. The molecule has 140 valence electrons. The molecule has 1 fully saturated rings. The fourth-order valence-corrected chi connectivity index (χ4v) is 3.87. The van der Waals surface area contributed by atoms with Gasteiger partial charge < -0.3 is 9.47 Å². The van der Waals surface area contributed by atoms with Crippen LogP contribution in [-0.2, 0) is 0 Å². The predicted molar refractivity (Wildman–Crippen MR) is 105 cm³/mol. The second-order valence-corrected chi connectivity index (χ2v) is 7.44. The molecule has 3 heterocycles. The van der Waals surface area contributed by atoms with Gasteiger partial charge >= 0.3 is 0 Å². The number of rotatable bonds is 4. The van der Waals surface area contributed by atoms with Crippen molar-refractivity contribution < 1.29 is 4.79 Å². The fraction of sp³-hybridized carbons (Fsp3) is 0.381. The number of carbonyl (C=O) groups excluding carboxylic acids is 1. The molecule has 0 radical (unpaired) electrons. The summed E-state index contributed by atoms with van der Waals surface area (Å²) in [6, 6.07) is 8.15. The lowest BCUT2D eigenvalue weighted by Gasteiger charge is -2.33. The van der Waals surface area contributed by atoms with E-state index in [0.717, 1.165) is 48.4 Å². The van der Waals surface area contributed by atoms with Crippen LogP contribution in [0.3, 0.4) is 0 Å². The lowest BCUT2D eigenvalue weighted by atomic mass is 9.96. The summed E-state index contributed by atoms with van der Waals surface area (Å²) in [6.45, 7) is 5.85. The first kappa shape index (κ1) is 17.5. The minimum Gasteiger partial charge on any atom is -0.338 e. The van der Waals surface area contributed by atoms with Gasteiger partial charge in [-0.25, -0.2) is 4.98 Å². The van der Waals surface area contributed by atoms with Crippen LogP contribution in [-0.4, -0.2) is 43.6 Å². The Morgan fingerprint density at radius 1 is 1.30 bits per heavy atom. The third-order valence-electron chi connectivity index (χ3n) is 5.27. The van der Waals surface area contributed by atoms with Crippen molar-refractivity contribution in [2.75, 3.05) is 13.1 Å². The Morgan fingerprint density at radius 2 is 2.19 bits per heavy atom. The highest BCUT2D eigenvalue weighted by molar-refractivity contribution is 5.95. The van der Waals surface area contributed by atoms with Crippen LogP contribution in [0.2, 0.25) is 0 Å². The van der Waals surface area contributed by atoms with Crippen molar-refractivity contribution in [3.63, 3.8) is 0 Å². The van der Waals surface area contributed by atoms with Crippen LogP contribution in [0.4, 0.5) is 0 Å². The first-order chi connectivity index (χ1) is 13.1. The SMILES string of the molecule is CC(C)n1ccnc1C1CCCN(C(=O)c2cccc(-c3cn[nH]c3)c2)C1. The maximum Gasteiger partial charge on any atom is 0.253 e. The molecule has 0 bridgehead atoms. The van der Waals surface area contributed by atoms with Gasteiger partial charge in [-0.15, -0.1) is 0 Å². The number of likely N-dealkylation sites (tertiary alicyclic amines) is 1. The van der Waals surface area contributed by atoms with E-state index < -0.39 is 0 Å². The monoisotopic (exact) mass is 363 g/mol. The minimum absolute atomic E-state index is 0.0905. The van der Waals surface area contributed by atoms with Gasteiger partial charge in [0.15, 0.2) is 0 Å². The maximum atomic E-state index is 13.1. The number of aromatic amines is 1. The topological polar surface area (TPSA) is 66.8 Å². The highest BCUT2D eigenvalue weighted by Gasteiger charge is 2.28. The van der Waals surface area contributed by atoms with E-state index in [1.54, 1.807) is 6.20 Å².